The molecule has 0 unspecified atom stereocenters. The van der Waals surface area contributed by atoms with Crippen molar-refractivity contribution in [2.45, 2.75) is 50.5 Å². The van der Waals surface area contributed by atoms with Crippen molar-refractivity contribution in [1.82, 2.24) is 20.0 Å². The van der Waals surface area contributed by atoms with E-state index in [1.165, 1.54) is 10.9 Å². The Morgan fingerprint density at radius 3 is 2.78 bits per heavy atom. The van der Waals surface area contributed by atoms with E-state index in [0.29, 0.717) is 5.69 Å². The molecule has 1 amide bonds. The fourth-order valence-electron chi connectivity index (χ4n) is 3.07. The zero-order valence-corrected chi connectivity index (χ0v) is 16.7. The highest BCUT2D eigenvalue weighted by atomic mass is 32.2. The Labute approximate surface area is 158 Å². The first-order chi connectivity index (χ1) is 12.6. The Hall–Kier alpha value is -2.39. The van der Waals surface area contributed by atoms with Gasteiger partial charge in [0.05, 0.1) is 12.1 Å². The lowest BCUT2D eigenvalue weighted by Crippen LogP contribution is -2.42. The van der Waals surface area contributed by atoms with Crippen LogP contribution in [0.15, 0.2) is 29.3 Å². The van der Waals surface area contributed by atoms with Crippen LogP contribution in [0.1, 0.15) is 37.1 Å². The Bertz CT molecular complexity index is 979. The van der Waals surface area contributed by atoms with E-state index in [0.717, 1.165) is 29.7 Å². The SMILES string of the molecule is Cc1nn(C)cc1S(=O)(=O)NNC(=O)Cc1ccc2c(c1)CCC(C)(C)O2. The van der Waals surface area contributed by atoms with Crippen LogP contribution in [0.5, 0.6) is 5.75 Å². The third-order valence-electron chi connectivity index (χ3n) is 4.45. The van der Waals surface area contributed by atoms with E-state index in [1.54, 1.807) is 14.0 Å². The molecule has 2 aromatic rings. The van der Waals surface area contributed by atoms with Crippen LogP contribution in [0.25, 0.3) is 0 Å². The summed E-state index contributed by atoms with van der Waals surface area (Å²) >= 11 is 0. The summed E-state index contributed by atoms with van der Waals surface area (Å²) in [6.07, 6.45) is 3.23. The second-order valence-corrected chi connectivity index (χ2v) is 9.04. The molecule has 8 nitrogen and oxygen atoms in total. The van der Waals surface area contributed by atoms with Gasteiger partial charge in [-0.2, -0.15) is 5.10 Å². The minimum Gasteiger partial charge on any atom is -0.488 e. The number of nitrogens with one attached hydrogen (secondary N) is 2. The van der Waals surface area contributed by atoms with Gasteiger partial charge in [-0.05, 0) is 50.8 Å². The van der Waals surface area contributed by atoms with E-state index in [2.05, 4.69) is 15.4 Å². The molecule has 0 radical (unpaired) electrons. The fraction of sp³-hybridized carbons (Fsp3) is 0.444. The molecule has 27 heavy (non-hydrogen) atoms. The van der Waals surface area contributed by atoms with Crippen LogP contribution in [0.4, 0.5) is 0 Å². The van der Waals surface area contributed by atoms with E-state index < -0.39 is 15.9 Å². The van der Waals surface area contributed by atoms with E-state index in [1.807, 2.05) is 32.0 Å². The number of sulfonamides is 1. The number of hydrazine groups is 1. The van der Waals surface area contributed by atoms with Crippen molar-refractivity contribution in [2.24, 2.45) is 7.05 Å². The largest absolute Gasteiger partial charge is 0.488 e. The third kappa shape index (κ3) is 4.48. The van der Waals surface area contributed by atoms with Crippen molar-refractivity contribution in [1.29, 1.82) is 0 Å². The zero-order valence-electron chi connectivity index (χ0n) is 15.9. The maximum atomic E-state index is 12.3. The molecule has 1 aromatic carbocycles. The predicted octanol–water partition coefficient (Wildman–Crippen LogP) is 1.38. The van der Waals surface area contributed by atoms with Gasteiger partial charge in [0.25, 0.3) is 10.0 Å². The summed E-state index contributed by atoms with van der Waals surface area (Å²) in [7, 11) is -2.24. The Kier molecular flexibility index (Phi) is 5.00. The number of hydrogen-bond donors (Lipinski definition) is 2. The summed E-state index contributed by atoms with van der Waals surface area (Å²) < 4.78 is 31.9. The summed E-state index contributed by atoms with van der Waals surface area (Å²) in [5.74, 6) is 0.389. The lowest BCUT2D eigenvalue weighted by Gasteiger charge is -2.32. The lowest BCUT2D eigenvalue weighted by molar-refractivity contribution is -0.120. The van der Waals surface area contributed by atoms with Crippen molar-refractivity contribution in [2.75, 3.05) is 0 Å². The van der Waals surface area contributed by atoms with Gasteiger partial charge in [0.15, 0.2) is 0 Å². The first-order valence-electron chi connectivity index (χ1n) is 8.67. The van der Waals surface area contributed by atoms with Crippen LogP contribution < -0.4 is 15.0 Å². The van der Waals surface area contributed by atoms with Crippen molar-refractivity contribution in [3.63, 3.8) is 0 Å². The van der Waals surface area contributed by atoms with E-state index in [-0.39, 0.29) is 16.9 Å². The highest BCUT2D eigenvalue weighted by Gasteiger charge is 2.26. The molecule has 3 rings (SSSR count). The van der Waals surface area contributed by atoms with Gasteiger partial charge in [-0.3, -0.25) is 14.9 Å². The molecule has 1 aliphatic heterocycles. The van der Waals surface area contributed by atoms with Crippen LogP contribution in [-0.4, -0.2) is 29.7 Å². The van der Waals surface area contributed by atoms with Gasteiger partial charge in [-0.15, -0.1) is 4.83 Å². The Balaban J connectivity index is 1.62. The number of ether oxygens (including phenoxy) is 1. The maximum absolute atomic E-state index is 12.3. The highest BCUT2D eigenvalue weighted by molar-refractivity contribution is 7.89. The van der Waals surface area contributed by atoms with Gasteiger partial charge >= 0.3 is 0 Å². The molecule has 0 spiro atoms. The number of nitrogens with zero attached hydrogens (tertiary/aromatic N) is 2. The zero-order chi connectivity index (χ0) is 19.8. The van der Waals surface area contributed by atoms with Gasteiger partial charge in [0.1, 0.15) is 16.2 Å². The minimum absolute atomic E-state index is 0.0267. The minimum atomic E-state index is -3.87. The molecule has 2 heterocycles. The van der Waals surface area contributed by atoms with Crippen LogP contribution in [0, 0.1) is 6.92 Å². The lowest BCUT2D eigenvalue weighted by atomic mass is 9.93. The number of hydrogen-bond acceptors (Lipinski definition) is 5. The van der Waals surface area contributed by atoms with Crippen molar-refractivity contribution in [3.05, 3.63) is 41.2 Å². The Morgan fingerprint density at radius 2 is 2.11 bits per heavy atom. The average Bonchev–Trinajstić information content (AvgIpc) is 2.92. The smallest absolute Gasteiger partial charge is 0.260 e. The molecule has 0 bridgehead atoms. The standard InChI is InChI=1S/C18H24N4O4S/c1-12-16(11-22(4)20-12)27(24,25)21-19-17(23)10-13-5-6-15-14(9-13)7-8-18(2,3)26-15/h5-6,9,11,21H,7-8,10H2,1-4H3,(H,19,23). The van der Waals surface area contributed by atoms with E-state index in [4.69, 9.17) is 4.74 Å². The van der Waals surface area contributed by atoms with Gasteiger partial charge < -0.3 is 4.74 Å². The number of amides is 1. The predicted molar refractivity (Wildman–Crippen MR) is 99.6 cm³/mol. The molecule has 2 N–H and O–H groups in total. The number of benzene rings is 1. The summed E-state index contributed by atoms with van der Waals surface area (Å²) in [5.41, 5.74) is 4.29. The normalized spacial score (nSPS) is 15.7. The Morgan fingerprint density at radius 1 is 1.37 bits per heavy atom. The second kappa shape index (κ2) is 6.97. The first kappa shape index (κ1) is 19.4. The van der Waals surface area contributed by atoms with Gasteiger partial charge in [0.2, 0.25) is 5.91 Å². The van der Waals surface area contributed by atoms with Crippen LogP contribution >= 0.6 is 0 Å². The molecule has 1 aromatic heterocycles. The quantitative estimate of drug-likeness (QED) is 0.749. The van der Waals surface area contributed by atoms with Crippen LogP contribution in [0.2, 0.25) is 0 Å². The summed E-state index contributed by atoms with van der Waals surface area (Å²) in [4.78, 5) is 14.3. The summed E-state index contributed by atoms with van der Waals surface area (Å²) in [5, 5.41) is 4.00. The van der Waals surface area contributed by atoms with Crippen molar-refractivity contribution >= 4 is 15.9 Å². The molecule has 0 fully saturated rings. The maximum Gasteiger partial charge on any atom is 0.260 e. The molecule has 1 aliphatic rings. The second-order valence-electron chi connectivity index (χ2n) is 7.39. The van der Waals surface area contributed by atoms with Crippen molar-refractivity contribution in [3.8, 4) is 5.75 Å². The number of fused-ring (bicyclic) bond motifs is 1. The van der Waals surface area contributed by atoms with Crippen molar-refractivity contribution < 1.29 is 17.9 Å². The molecular weight excluding hydrogens is 368 g/mol. The molecular formula is C18H24N4O4S. The van der Waals surface area contributed by atoms with E-state index in [9.17, 15) is 13.2 Å². The molecule has 0 atom stereocenters. The number of carbonyl (C=O) groups is 1. The number of aryl methyl sites for hydroxylation is 3. The molecule has 0 aliphatic carbocycles. The fourth-order valence-corrected chi connectivity index (χ4v) is 4.15. The number of carbonyl (C=O) groups excluding carboxylic acids is 1. The monoisotopic (exact) mass is 392 g/mol. The molecule has 146 valence electrons. The highest BCUT2D eigenvalue weighted by Crippen LogP contribution is 2.33. The van der Waals surface area contributed by atoms with Crippen LogP contribution in [-0.2, 0) is 34.7 Å². The molecule has 9 heteroatoms. The van der Waals surface area contributed by atoms with Crippen LogP contribution in [0.3, 0.4) is 0 Å². The summed E-state index contributed by atoms with van der Waals surface area (Å²) in [6, 6.07) is 5.62. The molecule has 0 saturated carbocycles. The average molecular weight is 392 g/mol. The van der Waals surface area contributed by atoms with Gasteiger partial charge in [0, 0.05) is 13.2 Å². The van der Waals surface area contributed by atoms with Gasteiger partial charge in [-0.25, -0.2) is 8.42 Å². The number of rotatable bonds is 5. The topological polar surface area (TPSA) is 102 Å². The van der Waals surface area contributed by atoms with E-state index >= 15 is 0 Å². The first-order valence-corrected chi connectivity index (χ1v) is 10.2. The number of aromatic nitrogens is 2. The summed E-state index contributed by atoms with van der Waals surface area (Å²) in [6.45, 7) is 5.69. The molecule has 0 saturated heterocycles. The third-order valence-corrected chi connectivity index (χ3v) is 5.81. The van der Waals surface area contributed by atoms with Gasteiger partial charge in [-0.1, -0.05) is 12.1 Å².